The molecule has 0 radical (unpaired) electrons. The van der Waals surface area contributed by atoms with Crippen molar-refractivity contribution in [2.75, 3.05) is 17.8 Å². The molecule has 2 fully saturated rings. The molecule has 2 aliphatic rings. The number of carbonyl (C=O) groups excluding carboxylic acids is 1. The highest BCUT2D eigenvalue weighted by molar-refractivity contribution is 7.92. The molecule has 186 valence electrons. The molecule has 3 aromatic rings. The van der Waals surface area contributed by atoms with Gasteiger partial charge in [-0.25, -0.2) is 12.8 Å². The van der Waals surface area contributed by atoms with E-state index in [4.69, 9.17) is 0 Å². The molecule has 0 bridgehead atoms. The molecule has 1 saturated heterocycles. The molecule has 1 N–H and O–H groups in total. The summed E-state index contributed by atoms with van der Waals surface area (Å²) < 4.78 is 43.5. The van der Waals surface area contributed by atoms with Crippen LogP contribution < -0.4 is 4.72 Å². The molecule has 1 aromatic heterocycles. The highest BCUT2D eigenvalue weighted by Gasteiger charge is 2.30. The van der Waals surface area contributed by atoms with E-state index < -0.39 is 15.8 Å². The van der Waals surface area contributed by atoms with Crippen LogP contribution in [-0.2, 0) is 21.9 Å². The zero-order valence-electron chi connectivity index (χ0n) is 20.0. The minimum Gasteiger partial charge on any atom is -0.350 e. The van der Waals surface area contributed by atoms with Crippen molar-refractivity contribution in [3.63, 3.8) is 0 Å². The predicted molar refractivity (Wildman–Crippen MR) is 135 cm³/mol. The van der Waals surface area contributed by atoms with Gasteiger partial charge in [-0.15, -0.1) is 0 Å². The molecule has 0 unspecified atom stereocenters. The van der Waals surface area contributed by atoms with E-state index in [-0.39, 0.29) is 10.8 Å². The monoisotopic (exact) mass is 497 g/mol. The van der Waals surface area contributed by atoms with Crippen molar-refractivity contribution in [2.45, 2.75) is 55.8 Å². The minimum atomic E-state index is -3.82. The smallest absolute Gasteiger partial charge is 0.261 e. The first-order valence-corrected chi connectivity index (χ1v) is 14.0. The number of anilines is 1. The lowest BCUT2D eigenvalue weighted by Gasteiger charge is -2.35. The van der Waals surface area contributed by atoms with Crippen LogP contribution in [0.2, 0.25) is 0 Å². The van der Waals surface area contributed by atoms with Crippen molar-refractivity contribution >= 4 is 32.5 Å². The van der Waals surface area contributed by atoms with E-state index in [1.54, 1.807) is 6.07 Å². The third kappa shape index (κ3) is 4.94. The average Bonchev–Trinajstić information content (AvgIpc) is 3.20. The van der Waals surface area contributed by atoms with Gasteiger partial charge in [0.05, 0.1) is 4.90 Å². The Balaban J connectivity index is 1.33. The van der Waals surface area contributed by atoms with E-state index in [1.165, 1.54) is 24.1 Å². The van der Waals surface area contributed by atoms with Crippen LogP contribution in [0.25, 0.3) is 10.9 Å². The first kappa shape index (κ1) is 23.9. The van der Waals surface area contributed by atoms with Gasteiger partial charge in [0.15, 0.2) is 0 Å². The molecule has 35 heavy (non-hydrogen) atoms. The third-order valence-electron chi connectivity index (χ3n) is 7.60. The number of nitrogens with one attached hydrogen (secondary N) is 1. The molecule has 2 heterocycles. The van der Waals surface area contributed by atoms with Crippen molar-refractivity contribution in [3.8, 4) is 0 Å². The maximum absolute atomic E-state index is 13.2. The maximum Gasteiger partial charge on any atom is 0.261 e. The maximum atomic E-state index is 13.2. The van der Waals surface area contributed by atoms with Gasteiger partial charge < -0.3 is 9.47 Å². The fraction of sp³-hybridized carbons (Fsp3) is 0.444. The Labute approximate surface area is 206 Å². The van der Waals surface area contributed by atoms with Gasteiger partial charge in [-0.3, -0.25) is 9.52 Å². The molecule has 0 spiro atoms. The molecule has 1 amide bonds. The number of rotatable bonds is 5. The number of aryl methyl sites for hydroxylation is 1. The van der Waals surface area contributed by atoms with E-state index in [0.717, 1.165) is 74.7 Å². The summed E-state index contributed by atoms with van der Waals surface area (Å²) in [5.41, 5.74) is 2.69. The molecular formula is C27H32FN3O3S. The molecule has 1 aliphatic carbocycles. The number of nitrogens with zero attached hydrogens (tertiary/aromatic N) is 2. The largest absolute Gasteiger partial charge is 0.350 e. The lowest BCUT2D eigenvalue weighted by molar-refractivity contribution is -0.137. The quantitative estimate of drug-likeness (QED) is 0.513. The van der Waals surface area contributed by atoms with E-state index in [2.05, 4.69) is 20.4 Å². The Kier molecular flexibility index (Phi) is 6.57. The fourth-order valence-corrected chi connectivity index (χ4v) is 6.71. The Bertz CT molecular complexity index is 1320. The second kappa shape index (κ2) is 9.64. The van der Waals surface area contributed by atoms with Crippen LogP contribution in [-0.4, -0.2) is 36.9 Å². The number of halogens is 1. The molecule has 1 saturated carbocycles. The fourth-order valence-electron chi connectivity index (χ4n) is 5.66. The second-order valence-corrected chi connectivity index (χ2v) is 11.6. The normalized spacial score (nSPS) is 18.2. The molecule has 5 rings (SSSR count). The SMILES string of the molecule is Cn1cc(C2CCN(C(=O)C3CCCCC3)CC2)c2cc(NS(=O)(=O)c3ccc(F)cc3)ccc21. The molecule has 1 aliphatic heterocycles. The number of likely N-dealkylation sites (tertiary alicyclic amines) is 1. The van der Waals surface area contributed by atoms with Crippen molar-refractivity contribution in [1.29, 1.82) is 0 Å². The zero-order valence-corrected chi connectivity index (χ0v) is 20.9. The molecule has 6 nitrogen and oxygen atoms in total. The summed E-state index contributed by atoms with van der Waals surface area (Å²) in [5, 5.41) is 1.02. The Morgan fingerprint density at radius 3 is 2.34 bits per heavy atom. The van der Waals surface area contributed by atoms with Gasteiger partial charge in [-0.2, -0.15) is 0 Å². The van der Waals surface area contributed by atoms with Crippen LogP contribution in [0.3, 0.4) is 0 Å². The van der Waals surface area contributed by atoms with Crippen LogP contribution in [0.15, 0.2) is 53.6 Å². The third-order valence-corrected chi connectivity index (χ3v) is 8.99. The topological polar surface area (TPSA) is 71.4 Å². The lowest BCUT2D eigenvalue weighted by Crippen LogP contribution is -2.41. The number of aromatic nitrogens is 1. The predicted octanol–water partition coefficient (Wildman–Crippen LogP) is 5.40. The van der Waals surface area contributed by atoms with Gasteiger partial charge in [0.2, 0.25) is 5.91 Å². The van der Waals surface area contributed by atoms with Crippen LogP contribution in [0.1, 0.15) is 56.4 Å². The summed E-state index contributed by atoms with van der Waals surface area (Å²) in [6, 6.07) is 10.3. The van der Waals surface area contributed by atoms with Gasteiger partial charge in [0.1, 0.15) is 5.82 Å². The number of benzene rings is 2. The number of fused-ring (bicyclic) bond motifs is 1. The van der Waals surface area contributed by atoms with Crippen molar-refractivity contribution in [2.24, 2.45) is 13.0 Å². The molecule has 2 aromatic carbocycles. The van der Waals surface area contributed by atoms with Gasteiger partial charge >= 0.3 is 0 Å². The van der Waals surface area contributed by atoms with E-state index in [1.807, 2.05) is 19.2 Å². The highest BCUT2D eigenvalue weighted by Crippen LogP contribution is 2.36. The summed E-state index contributed by atoms with van der Waals surface area (Å²) in [4.78, 5) is 15.0. The summed E-state index contributed by atoms with van der Waals surface area (Å²) in [5.74, 6) is 0.372. The van der Waals surface area contributed by atoms with E-state index >= 15 is 0 Å². The average molecular weight is 498 g/mol. The second-order valence-electron chi connectivity index (χ2n) is 9.92. The molecule has 0 atom stereocenters. The highest BCUT2D eigenvalue weighted by atomic mass is 32.2. The number of amides is 1. The minimum absolute atomic E-state index is 0.0160. The number of sulfonamides is 1. The Hall–Kier alpha value is -2.87. The first-order valence-electron chi connectivity index (χ1n) is 12.5. The summed E-state index contributed by atoms with van der Waals surface area (Å²) >= 11 is 0. The van der Waals surface area contributed by atoms with Crippen molar-refractivity contribution in [1.82, 2.24) is 9.47 Å². The van der Waals surface area contributed by atoms with Gasteiger partial charge in [-0.05, 0) is 79.6 Å². The Morgan fingerprint density at radius 1 is 0.971 bits per heavy atom. The van der Waals surface area contributed by atoms with Crippen molar-refractivity contribution in [3.05, 3.63) is 60.0 Å². The van der Waals surface area contributed by atoms with Gasteiger partial charge in [0.25, 0.3) is 10.0 Å². The summed E-state index contributed by atoms with van der Waals surface area (Å²) in [6.45, 7) is 1.54. The standard InChI is InChI=1S/C27H32FN3O3S/c1-30-18-25(19-13-15-31(16-14-19)27(32)20-5-3-2-4-6-20)24-17-22(9-12-26(24)30)29-35(33,34)23-10-7-21(28)8-11-23/h7-12,17-20,29H,2-6,13-16H2,1H3. The van der Waals surface area contributed by atoms with Gasteiger partial charge in [0, 0.05) is 48.8 Å². The van der Waals surface area contributed by atoms with Crippen LogP contribution >= 0.6 is 0 Å². The zero-order chi connectivity index (χ0) is 24.6. The summed E-state index contributed by atoms with van der Waals surface area (Å²) in [7, 11) is -1.83. The number of piperidine rings is 1. The Morgan fingerprint density at radius 2 is 1.66 bits per heavy atom. The summed E-state index contributed by atoms with van der Waals surface area (Å²) in [6.07, 6.45) is 9.57. The van der Waals surface area contributed by atoms with Crippen LogP contribution in [0, 0.1) is 11.7 Å². The van der Waals surface area contributed by atoms with Crippen LogP contribution in [0.4, 0.5) is 10.1 Å². The van der Waals surface area contributed by atoms with Crippen molar-refractivity contribution < 1.29 is 17.6 Å². The number of hydrogen-bond acceptors (Lipinski definition) is 3. The molecular weight excluding hydrogens is 465 g/mol. The van der Waals surface area contributed by atoms with Crippen LogP contribution in [0.5, 0.6) is 0 Å². The number of hydrogen-bond donors (Lipinski definition) is 1. The van der Waals surface area contributed by atoms with E-state index in [0.29, 0.717) is 17.5 Å². The molecule has 8 heteroatoms. The van der Waals surface area contributed by atoms with E-state index in [9.17, 15) is 17.6 Å². The number of carbonyl (C=O) groups is 1. The lowest BCUT2D eigenvalue weighted by atomic mass is 9.86. The van der Waals surface area contributed by atoms with Gasteiger partial charge in [-0.1, -0.05) is 19.3 Å². The first-order chi connectivity index (χ1) is 16.8.